The highest BCUT2D eigenvalue weighted by Gasteiger charge is 2.20. The summed E-state index contributed by atoms with van der Waals surface area (Å²) < 4.78 is 11.6. The van der Waals surface area contributed by atoms with Crippen molar-refractivity contribution in [3.8, 4) is 0 Å². The monoisotopic (exact) mass is 850 g/mol. The molecule has 1 N–H and O–H groups in total. The fourth-order valence-electron chi connectivity index (χ4n) is 8.58. The molecule has 0 radical (unpaired) electrons. The van der Waals surface area contributed by atoms with E-state index in [2.05, 4.69) is 39.5 Å². The van der Waals surface area contributed by atoms with Crippen molar-refractivity contribution >= 4 is 11.9 Å². The molecule has 0 aliphatic heterocycles. The Kier molecular flexibility index (Phi) is 45.0. The second kappa shape index (κ2) is 45.9. The molecule has 0 bridgehead atoms. The molecule has 0 aliphatic carbocycles. The van der Waals surface area contributed by atoms with Crippen molar-refractivity contribution in [1.29, 1.82) is 0 Å². The van der Waals surface area contributed by atoms with E-state index < -0.39 is 0 Å². The van der Waals surface area contributed by atoms with Gasteiger partial charge in [-0.15, -0.1) is 0 Å². The molecular weight excluding hydrogens is 743 g/mol. The molecule has 6 nitrogen and oxygen atoms in total. The first kappa shape index (κ1) is 58.9. The average molecular weight is 850 g/mol. The van der Waals surface area contributed by atoms with Crippen LogP contribution in [-0.4, -0.2) is 61.4 Å². The lowest BCUT2D eigenvalue weighted by Gasteiger charge is -2.25. The zero-order valence-corrected chi connectivity index (χ0v) is 41.4. The summed E-state index contributed by atoms with van der Waals surface area (Å²) >= 11 is 0. The van der Waals surface area contributed by atoms with Gasteiger partial charge in [0, 0.05) is 19.4 Å². The van der Waals surface area contributed by atoms with E-state index in [1.807, 2.05) is 0 Å². The van der Waals surface area contributed by atoms with Gasteiger partial charge in [-0.05, 0) is 88.8 Å². The second-order valence-electron chi connectivity index (χ2n) is 19.7. The van der Waals surface area contributed by atoms with E-state index in [9.17, 15) is 14.7 Å². The largest absolute Gasteiger partial charge is 0.465 e. The Morgan fingerprint density at radius 2 is 0.800 bits per heavy atom. The number of carbonyl (C=O) groups is 2. The minimum absolute atomic E-state index is 0.00732. The lowest BCUT2D eigenvalue weighted by Crippen LogP contribution is -2.27. The van der Waals surface area contributed by atoms with E-state index >= 15 is 0 Å². The highest BCUT2D eigenvalue weighted by molar-refractivity contribution is 5.69. The number of hydrogen-bond acceptors (Lipinski definition) is 6. The van der Waals surface area contributed by atoms with Crippen LogP contribution in [0.5, 0.6) is 0 Å². The molecule has 0 aromatic carbocycles. The minimum atomic E-state index is -0.0261. The summed E-state index contributed by atoms with van der Waals surface area (Å²) in [4.78, 5) is 27.7. The molecule has 0 rings (SSSR count). The van der Waals surface area contributed by atoms with E-state index in [-0.39, 0.29) is 24.0 Å². The maximum absolute atomic E-state index is 12.8. The molecule has 0 spiro atoms. The maximum Gasteiger partial charge on any atom is 0.305 e. The molecule has 6 heteroatoms. The Morgan fingerprint density at radius 3 is 1.23 bits per heavy atom. The Bertz CT molecular complexity index is 873. The number of unbranched alkanes of at least 4 members (excludes halogenated alkanes) is 28. The zero-order valence-electron chi connectivity index (χ0n) is 41.4. The zero-order chi connectivity index (χ0) is 44.0. The van der Waals surface area contributed by atoms with Gasteiger partial charge in [-0.25, -0.2) is 0 Å². The third-order valence-electron chi connectivity index (χ3n) is 12.8. The summed E-state index contributed by atoms with van der Waals surface area (Å²) in [7, 11) is 0. The van der Waals surface area contributed by atoms with Crippen LogP contribution in [0.3, 0.4) is 0 Å². The van der Waals surface area contributed by atoms with Crippen molar-refractivity contribution in [1.82, 2.24) is 4.90 Å². The van der Waals surface area contributed by atoms with Crippen LogP contribution in [0.4, 0.5) is 0 Å². The minimum Gasteiger partial charge on any atom is -0.465 e. The van der Waals surface area contributed by atoms with Crippen LogP contribution in [0, 0.1) is 11.3 Å². The fraction of sp³-hybridized carbons (Fsp3) is 0.963. The summed E-state index contributed by atoms with van der Waals surface area (Å²) in [5, 5.41) is 9.36. The first-order valence-corrected chi connectivity index (χ1v) is 26.9. The molecule has 0 amide bonds. The van der Waals surface area contributed by atoms with Crippen LogP contribution in [0.1, 0.15) is 285 Å². The van der Waals surface area contributed by atoms with Gasteiger partial charge < -0.3 is 19.5 Å². The quantitative estimate of drug-likeness (QED) is 0.0485. The smallest absolute Gasteiger partial charge is 0.305 e. The van der Waals surface area contributed by atoms with Gasteiger partial charge in [0.15, 0.2) is 0 Å². The van der Waals surface area contributed by atoms with Gasteiger partial charge in [0.1, 0.15) is 0 Å². The predicted octanol–water partition coefficient (Wildman–Crippen LogP) is 16.3. The third-order valence-corrected chi connectivity index (χ3v) is 12.8. The lowest BCUT2D eigenvalue weighted by atomic mass is 9.88. The van der Waals surface area contributed by atoms with Gasteiger partial charge in [-0.3, -0.25) is 9.59 Å². The van der Waals surface area contributed by atoms with Gasteiger partial charge >= 0.3 is 11.9 Å². The van der Waals surface area contributed by atoms with E-state index in [1.54, 1.807) is 0 Å². The standard InChI is InChI=1S/C54H107NO5/c1-6-9-12-15-18-21-24-27-33-43-53(58)60-50-54(4,5)44-35-30-37-46-55(47-38-39-48-56)45-36-29-28-34-42-52(57)59-49-51(40-31-25-22-19-16-13-10-7-2)41-32-26-23-20-17-14-11-8-3/h51,56H,6-50H2,1-5H3. The van der Waals surface area contributed by atoms with Crippen LogP contribution < -0.4 is 0 Å². The Hall–Kier alpha value is -1.14. The van der Waals surface area contributed by atoms with Crippen molar-refractivity contribution in [2.24, 2.45) is 11.3 Å². The summed E-state index contributed by atoms with van der Waals surface area (Å²) in [6, 6.07) is 0. The molecule has 0 atom stereocenters. The van der Waals surface area contributed by atoms with Crippen LogP contribution >= 0.6 is 0 Å². The van der Waals surface area contributed by atoms with E-state index in [1.165, 1.54) is 173 Å². The second-order valence-corrected chi connectivity index (χ2v) is 19.7. The fourth-order valence-corrected chi connectivity index (χ4v) is 8.58. The van der Waals surface area contributed by atoms with Crippen molar-refractivity contribution in [2.75, 3.05) is 39.5 Å². The SMILES string of the molecule is CCCCCCCCCCCC(=O)OCC(C)(C)CCCCCN(CCCCO)CCCCCCC(=O)OCC(CCCCCCCCCC)CCCCCCCCCC. The predicted molar refractivity (Wildman–Crippen MR) is 260 cm³/mol. The van der Waals surface area contributed by atoms with Crippen LogP contribution in [0.15, 0.2) is 0 Å². The van der Waals surface area contributed by atoms with Crippen molar-refractivity contribution in [3.05, 3.63) is 0 Å². The number of hydrogen-bond donors (Lipinski definition) is 1. The van der Waals surface area contributed by atoms with Crippen molar-refractivity contribution < 1.29 is 24.2 Å². The summed E-state index contributed by atoms with van der Waals surface area (Å²) in [6.45, 7) is 15.9. The molecule has 0 heterocycles. The van der Waals surface area contributed by atoms with Gasteiger partial charge in [-0.2, -0.15) is 0 Å². The van der Waals surface area contributed by atoms with Gasteiger partial charge in [0.05, 0.1) is 13.2 Å². The maximum atomic E-state index is 12.8. The normalized spacial score (nSPS) is 11.9. The summed E-state index contributed by atoms with van der Waals surface area (Å²) in [5.41, 5.74) is 0.0169. The number of esters is 2. The number of ether oxygens (including phenoxy) is 2. The summed E-state index contributed by atoms with van der Waals surface area (Å²) in [6.07, 6.45) is 47.3. The number of carbonyl (C=O) groups excluding carboxylic acids is 2. The van der Waals surface area contributed by atoms with Crippen LogP contribution in [-0.2, 0) is 19.1 Å². The first-order valence-electron chi connectivity index (χ1n) is 26.9. The average Bonchev–Trinajstić information content (AvgIpc) is 3.23. The number of aliphatic hydroxyl groups excluding tert-OH is 1. The highest BCUT2D eigenvalue weighted by atomic mass is 16.5. The molecule has 0 unspecified atom stereocenters. The van der Waals surface area contributed by atoms with Gasteiger partial charge in [-0.1, -0.05) is 214 Å². The third kappa shape index (κ3) is 43.5. The molecule has 0 aromatic rings. The van der Waals surface area contributed by atoms with E-state index in [0.717, 1.165) is 83.8 Å². The topological polar surface area (TPSA) is 76.1 Å². The Labute approximate surface area is 375 Å². The number of nitrogens with zero attached hydrogens (tertiary/aromatic N) is 1. The number of rotatable bonds is 49. The molecule has 0 saturated heterocycles. The van der Waals surface area contributed by atoms with Crippen molar-refractivity contribution in [3.63, 3.8) is 0 Å². The Morgan fingerprint density at radius 1 is 0.450 bits per heavy atom. The lowest BCUT2D eigenvalue weighted by molar-refractivity contribution is -0.147. The van der Waals surface area contributed by atoms with Gasteiger partial charge in [0.2, 0.25) is 0 Å². The first-order chi connectivity index (χ1) is 29.3. The molecule has 0 aromatic heterocycles. The Balaban J connectivity index is 4.31. The summed E-state index contributed by atoms with van der Waals surface area (Å²) in [5.74, 6) is 0.510. The molecule has 0 aliphatic rings. The number of aliphatic hydroxyl groups is 1. The molecule has 358 valence electrons. The van der Waals surface area contributed by atoms with Crippen LogP contribution in [0.25, 0.3) is 0 Å². The van der Waals surface area contributed by atoms with E-state index in [4.69, 9.17) is 9.47 Å². The molecular formula is C54H107NO5. The van der Waals surface area contributed by atoms with E-state index in [0.29, 0.717) is 32.0 Å². The van der Waals surface area contributed by atoms with Crippen LogP contribution in [0.2, 0.25) is 0 Å². The molecule has 0 fully saturated rings. The molecule has 0 saturated carbocycles. The molecule has 60 heavy (non-hydrogen) atoms. The van der Waals surface area contributed by atoms with Crippen molar-refractivity contribution in [2.45, 2.75) is 285 Å². The van der Waals surface area contributed by atoms with Gasteiger partial charge in [0.25, 0.3) is 0 Å². The highest BCUT2D eigenvalue weighted by Crippen LogP contribution is 2.25.